The number of urea groups is 1. The number of anilines is 2. The maximum atomic E-state index is 12.7. The molecule has 2 aromatic rings. The highest BCUT2D eigenvalue weighted by atomic mass is 35.5. The van der Waals surface area contributed by atoms with Gasteiger partial charge in [0.25, 0.3) is 0 Å². The molecule has 0 spiro atoms. The first-order valence-electron chi connectivity index (χ1n) is 12.2. The van der Waals surface area contributed by atoms with Crippen molar-refractivity contribution in [3.63, 3.8) is 0 Å². The molecule has 4 amide bonds. The third kappa shape index (κ3) is 8.27. The molecule has 0 bridgehead atoms. The summed E-state index contributed by atoms with van der Waals surface area (Å²) in [4.78, 5) is 39.2. The van der Waals surface area contributed by atoms with Gasteiger partial charge in [-0.2, -0.15) is 5.26 Å². The SMILES string of the molecule is CC(C)(C)OC(=O)NC(CC#N)C(=O)Nc1ccc(C2CCN(C(=O)Nc3c(Cl)cccc3Cl)CC2)cc1. The van der Waals surface area contributed by atoms with Gasteiger partial charge in [-0.15, -0.1) is 0 Å². The molecule has 2 aromatic carbocycles. The fraction of sp³-hybridized carbons (Fsp3) is 0.407. The number of benzene rings is 2. The van der Waals surface area contributed by atoms with Crippen LogP contribution in [-0.4, -0.2) is 47.7 Å². The highest BCUT2D eigenvalue weighted by Crippen LogP contribution is 2.32. The van der Waals surface area contributed by atoms with Crippen LogP contribution in [0.25, 0.3) is 0 Å². The van der Waals surface area contributed by atoms with Gasteiger partial charge < -0.3 is 25.6 Å². The quantitative estimate of drug-likeness (QED) is 0.391. The van der Waals surface area contributed by atoms with Gasteiger partial charge in [-0.3, -0.25) is 4.79 Å². The maximum Gasteiger partial charge on any atom is 0.408 e. The number of halogens is 2. The second-order valence-corrected chi connectivity index (χ2v) is 10.8. The van der Waals surface area contributed by atoms with Crippen molar-refractivity contribution in [3.8, 4) is 6.07 Å². The van der Waals surface area contributed by atoms with Crippen LogP contribution >= 0.6 is 23.2 Å². The second kappa shape index (κ2) is 12.9. The zero-order chi connectivity index (χ0) is 27.9. The molecule has 3 rings (SSSR count). The number of carbonyl (C=O) groups excluding carboxylic acids is 3. The summed E-state index contributed by atoms with van der Waals surface area (Å²) in [5.74, 6) is -0.254. The van der Waals surface area contributed by atoms with Crippen molar-refractivity contribution in [2.45, 2.75) is 57.6 Å². The van der Waals surface area contributed by atoms with E-state index in [4.69, 9.17) is 33.2 Å². The summed E-state index contributed by atoms with van der Waals surface area (Å²) >= 11 is 12.3. The lowest BCUT2D eigenvalue weighted by Crippen LogP contribution is -2.45. The van der Waals surface area contributed by atoms with Gasteiger partial charge in [-0.25, -0.2) is 9.59 Å². The van der Waals surface area contributed by atoms with Gasteiger partial charge >= 0.3 is 12.1 Å². The summed E-state index contributed by atoms with van der Waals surface area (Å²) in [6.45, 7) is 6.28. The molecule has 11 heteroatoms. The van der Waals surface area contributed by atoms with Gasteiger partial charge in [0.05, 0.1) is 28.2 Å². The Morgan fingerprint density at radius 3 is 2.21 bits per heavy atom. The molecular formula is C27H31Cl2N5O4. The fourth-order valence-electron chi connectivity index (χ4n) is 4.04. The van der Waals surface area contributed by atoms with Gasteiger partial charge in [0.15, 0.2) is 0 Å². The van der Waals surface area contributed by atoms with Crippen molar-refractivity contribution < 1.29 is 19.1 Å². The Kier molecular flexibility index (Phi) is 9.84. The number of para-hydroxylation sites is 1. The Morgan fingerprint density at radius 2 is 1.66 bits per heavy atom. The Balaban J connectivity index is 1.53. The normalized spacial score (nSPS) is 14.7. The highest BCUT2D eigenvalue weighted by Gasteiger charge is 2.26. The minimum absolute atomic E-state index is 0.196. The average molecular weight is 560 g/mol. The first-order valence-corrected chi connectivity index (χ1v) is 13.0. The van der Waals surface area contributed by atoms with Crippen LogP contribution < -0.4 is 16.0 Å². The predicted molar refractivity (Wildman–Crippen MR) is 147 cm³/mol. The van der Waals surface area contributed by atoms with Crippen LogP contribution in [0.1, 0.15) is 51.5 Å². The summed E-state index contributed by atoms with van der Waals surface area (Å²) in [5, 5.41) is 17.8. The molecule has 1 heterocycles. The van der Waals surface area contributed by atoms with Gasteiger partial charge in [-0.1, -0.05) is 41.4 Å². The molecule has 0 saturated carbocycles. The maximum absolute atomic E-state index is 12.7. The zero-order valence-corrected chi connectivity index (χ0v) is 23.0. The number of hydrogen-bond donors (Lipinski definition) is 3. The van der Waals surface area contributed by atoms with Crippen molar-refractivity contribution >= 4 is 52.6 Å². The molecule has 1 unspecified atom stereocenters. The van der Waals surface area contributed by atoms with Gasteiger partial charge in [0, 0.05) is 18.8 Å². The predicted octanol–water partition coefficient (Wildman–Crippen LogP) is 6.15. The largest absolute Gasteiger partial charge is 0.444 e. The monoisotopic (exact) mass is 559 g/mol. The molecule has 1 fully saturated rings. The topological polar surface area (TPSA) is 124 Å². The lowest BCUT2D eigenvalue weighted by molar-refractivity contribution is -0.118. The summed E-state index contributed by atoms with van der Waals surface area (Å²) in [7, 11) is 0. The van der Waals surface area contributed by atoms with E-state index in [2.05, 4.69) is 16.0 Å². The minimum Gasteiger partial charge on any atom is -0.444 e. The van der Waals surface area contributed by atoms with Crippen molar-refractivity contribution in [2.24, 2.45) is 0 Å². The van der Waals surface area contributed by atoms with Crippen LogP contribution in [0.3, 0.4) is 0 Å². The van der Waals surface area contributed by atoms with Crippen LogP contribution in [0.2, 0.25) is 10.0 Å². The van der Waals surface area contributed by atoms with Crippen molar-refractivity contribution in [3.05, 3.63) is 58.1 Å². The van der Waals surface area contributed by atoms with E-state index in [1.807, 2.05) is 18.2 Å². The molecule has 0 aliphatic carbocycles. The van der Waals surface area contributed by atoms with E-state index in [1.165, 1.54) is 0 Å². The molecule has 9 nitrogen and oxygen atoms in total. The number of carbonyl (C=O) groups is 3. The molecular weight excluding hydrogens is 529 g/mol. The summed E-state index contributed by atoms with van der Waals surface area (Å²) in [6.07, 6.45) is 0.592. The number of nitrogens with one attached hydrogen (secondary N) is 3. The van der Waals surface area contributed by atoms with E-state index in [9.17, 15) is 14.4 Å². The minimum atomic E-state index is -1.05. The Morgan fingerprint density at radius 1 is 1.05 bits per heavy atom. The summed E-state index contributed by atoms with van der Waals surface area (Å²) in [6, 6.07) is 13.1. The highest BCUT2D eigenvalue weighted by molar-refractivity contribution is 6.39. The Labute approximate surface area is 232 Å². The molecule has 3 N–H and O–H groups in total. The number of rotatable bonds is 6. The molecule has 1 saturated heterocycles. The lowest BCUT2D eigenvalue weighted by Gasteiger charge is -2.32. The van der Waals surface area contributed by atoms with Crippen LogP contribution in [0.5, 0.6) is 0 Å². The van der Waals surface area contributed by atoms with Gasteiger partial charge in [0.2, 0.25) is 5.91 Å². The zero-order valence-electron chi connectivity index (χ0n) is 21.5. The van der Waals surface area contributed by atoms with Crippen LogP contribution in [-0.2, 0) is 9.53 Å². The van der Waals surface area contributed by atoms with Crippen molar-refractivity contribution in [1.82, 2.24) is 10.2 Å². The first kappa shape index (κ1) is 29.1. The lowest BCUT2D eigenvalue weighted by atomic mass is 9.89. The van der Waals surface area contributed by atoms with E-state index in [0.717, 1.165) is 18.4 Å². The number of hydrogen-bond acceptors (Lipinski definition) is 5. The first-order chi connectivity index (χ1) is 18.0. The molecule has 202 valence electrons. The van der Waals surface area contributed by atoms with Gasteiger partial charge in [-0.05, 0) is 69.4 Å². The molecule has 1 aliphatic heterocycles. The molecule has 0 aromatic heterocycles. The van der Waals surface area contributed by atoms with Crippen molar-refractivity contribution in [2.75, 3.05) is 23.7 Å². The van der Waals surface area contributed by atoms with Gasteiger partial charge in [0.1, 0.15) is 11.6 Å². The van der Waals surface area contributed by atoms with E-state index in [-0.39, 0.29) is 18.4 Å². The Bertz CT molecular complexity index is 1180. The van der Waals surface area contributed by atoms with E-state index >= 15 is 0 Å². The summed E-state index contributed by atoms with van der Waals surface area (Å²) in [5.41, 5.74) is 1.31. The number of likely N-dealkylation sites (tertiary alicyclic amines) is 1. The molecule has 0 radical (unpaired) electrons. The number of amides is 4. The number of nitrogens with zero attached hydrogens (tertiary/aromatic N) is 2. The fourth-order valence-corrected chi connectivity index (χ4v) is 4.53. The summed E-state index contributed by atoms with van der Waals surface area (Å²) < 4.78 is 5.18. The van der Waals surface area contributed by atoms with E-state index in [0.29, 0.717) is 34.5 Å². The van der Waals surface area contributed by atoms with Crippen LogP contribution in [0.15, 0.2) is 42.5 Å². The third-order valence-electron chi connectivity index (χ3n) is 5.93. The molecule has 1 atom stereocenters. The molecule has 38 heavy (non-hydrogen) atoms. The van der Waals surface area contributed by atoms with E-state index in [1.54, 1.807) is 56.0 Å². The molecule has 1 aliphatic rings. The van der Waals surface area contributed by atoms with Crippen LogP contribution in [0, 0.1) is 11.3 Å². The van der Waals surface area contributed by atoms with Crippen LogP contribution in [0.4, 0.5) is 21.0 Å². The standard InChI is InChI=1S/C27H31Cl2N5O4/c1-27(2,3)38-26(37)32-22(11-14-30)24(35)31-19-9-7-17(8-10-19)18-12-15-34(16-13-18)25(36)33-23-20(28)5-4-6-21(23)29/h4-10,18,22H,11-13,15-16H2,1-3H3,(H,31,35)(H,32,37)(H,33,36). The Hall–Kier alpha value is -3.48. The third-order valence-corrected chi connectivity index (χ3v) is 6.56. The smallest absolute Gasteiger partial charge is 0.408 e. The number of piperidine rings is 1. The van der Waals surface area contributed by atoms with E-state index < -0.39 is 23.6 Å². The number of nitriles is 1. The number of ether oxygens (including phenoxy) is 1. The number of alkyl carbamates (subject to hydrolysis) is 1. The van der Waals surface area contributed by atoms with Crippen molar-refractivity contribution in [1.29, 1.82) is 5.26 Å². The average Bonchev–Trinajstić information content (AvgIpc) is 2.85. The second-order valence-electron chi connectivity index (χ2n) is 9.96.